The molecule has 0 bridgehead atoms. The Kier molecular flexibility index (Phi) is 70.9. The van der Waals surface area contributed by atoms with Gasteiger partial charge in [-0.05, 0) is 43.4 Å². The van der Waals surface area contributed by atoms with Crippen LogP contribution in [0.25, 0.3) is 0 Å². The second-order valence-electron chi connectivity index (χ2n) is 30.7. The van der Waals surface area contributed by atoms with Crippen molar-refractivity contribution in [1.29, 1.82) is 0 Å². The minimum absolute atomic E-state index is 0.108. The highest BCUT2D eigenvalue weighted by Gasteiger charge is 2.30. The first kappa shape index (κ1) is 99.1. The molecular weight excluding hydrogens is 1320 g/mol. The first-order valence-corrected chi connectivity index (χ1v) is 45.4. The van der Waals surface area contributed by atoms with Crippen molar-refractivity contribution < 1.29 is 80.2 Å². The molecule has 0 aliphatic heterocycles. The van der Waals surface area contributed by atoms with Crippen LogP contribution in [0.4, 0.5) is 0 Å². The van der Waals surface area contributed by atoms with Crippen LogP contribution < -0.4 is 0 Å². The fourth-order valence-corrected chi connectivity index (χ4v) is 14.2. The molecular formula is C82H160O17P2. The molecule has 0 spiro atoms. The maximum atomic E-state index is 13.1. The number of carbonyl (C=O) groups excluding carboxylic acids is 4. The van der Waals surface area contributed by atoms with E-state index < -0.39 is 97.5 Å². The van der Waals surface area contributed by atoms with Crippen molar-refractivity contribution in [3.05, 3.63) is 0 Å². The molecule has 0 aromatic carbocycles. The van der Waals surface area contributed by atoms with E-state index in [-0.39, 0.29) is 25.7 Å². The Morgan fingerprint density at radius 3 is 0.752 bits per heavy atom. The molecule has 0 rings (SSSR count). The van der Waals surface area contributed by atoms with Gasteiger partial charge in [-0.25, -0.2) is 9.13 Å². The summed E-state index contributed by atoms with van der Waals surface area (Å²) in [5.41, 5.74) is 0. The number of phosphoric acid groups is 2. The van der Waals surface area contributed by atoms with E-state index in [0.717, 1.165) is 108 Å². The van der Waals surface area contributed by atoms with Gasteiger partial charge in [0.25, 0.3) is 0 Å². The summed E-state index contributed by atoms with van der Waals surface area (Å²) in [6.07, 6.45) is 60.9. The van der Waals surface area contributed by atoms with Crippen LogP contribution in [0, 0.1) is 17.8 Å². The van der Waals surface area contributed by atoms with E-state index in [1.165, 1.54) is 238 Å². The van der Waals surface area contributed by atoms with Gasteiger partial charge in [0, 0.05) is 25.7 Å². The third-order valence-corrected chi connectivity index (χ3v) is 21.4. The lowest BCUT2D eigenvalue weighted by Crippen LogP contribution is -2.30. The fraction of sp³-hybridized carbons (Fsp3) is 0.951. The predicted octanol–water partition coefficient (Wildman–Crippen LogP) is 24.5. The van der Waals surface area contributed by atoms with Gasteiger partial charge in [0.15, 0.2) is 12.2 Å². The monoisotopic (exact) mass is 1480 g/mol. The molecule has 0 saturated heterocycles. The zero-order valence-corrected chi connectivity index (χ0v) is 68.2. The summed E-state index contributed by atoms with van der Waals surface area (Å²) < 4.78 is 68.8. The van der Waals surface area contributed by atoms with Gasteiger partial charge in [0.1, 0.15) is 19.3 Å². The summed E-state index contributed by atoms with van der Waals surface area (Å²) in [4.78, 5) is 73.1. The molecule has 3 N–H and O–H groups in total. The minimum Gasteiger partial charge on any atom is -0.462 e. The van der Waals surface area contributed by atoms with E-state index in [2.05, 4.69) is 48.5 Å². The Labute approximate surface area is 619 Å². The second-order valence-corrected chi connectivity index (χ2v) is 33.6. The van der Waals surface area contributed by atoms with Crippen LogP contribution in [0.2, 0.25) is 0 Å². The first-order chi connectivity index (χ1) is 48.8. The number of aliphatic hydroxyl groups is 1. The van der Waals surface area contributed by atoms with Crippen molar-refractivity contribution in [2.24, 2.45) is 17.8 Å². The molecule has 0 aliphatic rings. The summed E-state index contributed by atoms with van der Waals surface area (Å²) in [6, 6.07) is 0. The molecule has 6 atom stereocenters. The Morgan fingerprint density at radius 1 is 0.287 bits per heavy atom. The average molecular weight is 1480 g/mol. The molecule has 0 fully saturated rings. The smallest absolute Gasteiger partial charge is 0.462 e. The molecule has 101 heavy (non-hydrogen) atoms. The number of hydrogen-bond donors (Lipinski definition) is 3. The van der Waals surface area contributed by atoms with Crippen molar-refractivity contribution in [3.63, 3.8) is 0 Å². The zero-order valence-electron chi connectivity index (χ0n) is 66.4. The Hall–Kier alpha value is -1.94. The van der Waals surface area contributed by atoms with E-state index in [9.17, 15) is 43.2 Å². The van der Waals surface area contributed by atoms with E-state index >= 15 is 0 Å². The van der Waals surface area contributed by atoms with Crippen molar-refractivity contribution in [2.45, 2.75) is 446 Å². The molecule has 19 heteroatoms. The zero-order chi connectivity index (χ0) is 74.4. The van der Waals surface area contributed by atoms with Crippen LogP contribution in [-0.4, -0.2) is 96.7 Å². The third kappa shape index (κ3) is 74.7. The number of rotatable bonds is 80. The van der Waals surface area contributed by atoms with E-state index in [4.69, 9.17) is 37.0 Å². The summed E-state index contributed by atoms with van der Waals surface area (Å²) in [5, 5.41) is 10.7. The second kappa shape index (κ2) is 72.3. The van der Waals surface area contributed by atoms with Gasteiger partial charge in [-0.15, -0.1) is 0 Å². The molecule has 0 aromatic rings. The first-order valence-electron chi connectivity index (χ1n) is 42.4. The Balaban J connectivity index is 5.27. The van der Waals surface area contributed by atoms with Crippen molar-refractivity contribution in [1.82, 2.24) is 0 Å². The van der Waals surface area contributed by atoms with Gasteiger partial charge >= 0.3 is 39.5 Å². The highest BCUT2D eigenvalue weighted by atomic mass is 31.2. The highest BCUT2D eigenvalue weighted by molar-refractivity contribution is 7.47. The van der Waals surface area contributed by atoms with Gasteiger partial charge in [-0.1, -0.05) is 376 Å². The number of hydrogen-bond acceptors (Lipinski definition) is 15. The summed E-state index contributed by atoms with van der Waals surface area (Å²) in [7, 11) is -9.92. The molecule has 17 nitrogen and oxygen atoms in total. The standard InChI is InChI=1S/C82H160O17P2/c1-8-10-11-12-13-14-15-16-18-24-30-35-44-51-58-65-82(87)99-78(70-93-80(85)64-57-50-43-38-37-41-48-55-62-75(7)9-2)72-97-101(90,91)95-68-76(83)67-94-100(88,89)96-71-77(69-92-79(84)63-56-49-42-34-29-26-21-23-28-33-40-47-54-61-74(5)6)98-81(86)66-59-52-45-36-31-25-20-17-19-22-27-32-39-46-53-60-73(3)4/h73-78,83H,8-72H2,1-7H3,(H,88,89)(H,90,91)/t75?,76-,77-,78-/m1/s1. The third-order valence-electron chi connectivity index (χ3n) is 19.5. The van der Waals surface area contributed by atoms with Crippen LogP contribution >= 0.6 is 15.6 Å². The molecule has 0 saturated carbocycles. The van der Waals surface area contributed by atoms with E-state index in [1.807, 2.05) is 0 Å². The lowest BCUT2D eigenvalue weighted by atomic mass is 9.99. The largest absolute Gasteiger partial charge is 0.472 e. The summed E-state index contributed by atoms with van der Waals surface area (Å²) >= 11 is 0. The van der Waals surface area contributed by atoms with Gasteiger partial charge in [0.2, 0.25) is 0 Å². The molecule has 3 unspecified atom stereocenters. The van der Waals surface area contributed by atoms with Gasteiger partial charge in [-0.3, -0.25) is 37.3 Å². The van der Waals surface area contributed by atoms with Crippen LogP contribution in [0.15, 0.2) is 0 Å². The van der Waals surface area contributed by atoms with Crippen molar-refractivity contribution >= 4 is 39.5 Å². The van der Waals surface area contributed by atoms with Crippen molar-refractivity contribution in [3.8, 4) is 0 Å². The molecule has 0 aromatic heterocycles. The lowest BCUT2D eigenvalue weighted by molar-refractivity contribution is -0.161. The minimum atomic E-state index is -4.96. The molecule has 600 valence electrons. The summed E-state index contributed by atoms with van der Waals surface area (Å²) in [5.74, 6) is 0.264. The number of aliphatic hydroxyl groups excluding tert-OH is 1. The van der Waals surface area contributed by atoms with Gasteiger partial charge < -0.3 is 33.8 Å². The lowest BCUT2D eigenvalue weighted by Gasteiger charge is -2.21. The van der Waals surface area contributed by atoms with Crippen molar-refractivity contribution in [2.75, 3.05) is 39.6 Å². The molecule has 0 heterocycles. The SMILES string of the molecule is CCCCCCCCCCCCCCCCCC(=O)O[C@H](COC(=O)CCCCCCCCCCC(C)CC)COP(=O)(O)OC[C@H](O)COP(=O)(O)OC[C@@H](COC(=O)CCCCCCCCCCCCCCCC(C)C)OC(=O)CCCCCCCCCCCCCCCCCC(C)C. The number of esters is 4. The van der Waals surface area contributed by atoms with Gasteiger partial charge in [0.05, 0.1) is 26.4 Å². The normalized spacial score (nSPS) is 14.2. The number of phosphoric ester groups is 2. The summed E-state index contributed by atoms with van der Waals surface area (Å²) in [6.45, 7) is 12.0. The van der Waals surface area contributed by atoms with E-state index in [1.54, 1.807) is 0 Å². The fourth-order valence-electron chi connectivity index (χ4n) is 12.6. The van der Waals surface area contributed by atoms with Crippen LogP contribution in [0.1, 0.15) is 427 Å². The van der Waals surface area contributed by atoms with Crippen LogP contribution in [-0.2, 0) is 65.4 Å². The maximum Gasteiger partial charge on any atom is 0.472 e. The topological polar surface area (TPSA) is 237 Å². The highest BCUT2D eigenvalue weighted by Crippen LogP contribution is 2.45. The van der Waals surface area contributed by atoms with Gasteiger partial charge in [-0.2, -0.15) is 0 Å². The molecule has 0 amide bonds. The number of carbonyl (C=O) groups is 4. The number of unbranched alkanes of at least 4 members (excludes halogenated alkanes) is 47. The predicted molar refractivity (Wildman–Crippen MR) is 414 cm³/mol. The quantitative estimate of drug-likeness (QED) is 0.0222. The molecule has 0 radical (unpaired) electrons. The van der Waals surface area contributed by atoms with E-state index in [0.29, 0.717) is 25.7 Å². The Morgan fingerprint density at radius 2 is 0.505 bits per heavy atom. The molecule has 0 aliphatic carbocycles. The number of ether oxygens (including phenoxy) is 4. The Bertz CT molecular complexity index is 1960. The van der Waals surface area contributed by atoms with Crippen LogP contribution in [0.5, 0.6) is 0 Å². The maximum absolute atomic E-state index is 13.1. The van der Waals surface area contributed by atoms with Crippen LogP contribution in [0.3, 0.4) is 0 Å². The average Bonchev–Trinajstić information content (AvgIpc) is 1.06.